The van der Waals surface area contributed by atoms with Crippen LogP contribution in [0, 0.1) is 0 Å². The molecule has 0 radical (unpaired) electrons. The predicted octanol–water partition coefficient (Wildman–Crippen LogP) is 4.68. The van der Waals surface area contributed by atoms with Crippen LogP contribution >= 0.6 is 0 Å². The number of carbonyl (C=O) groups is 2. The van der Waals surface area contributed by atoms with Crippen LogP contribution in [-0.4, -0.2) is 31.7 Å². The van der Waals surface area contributed by atoms with E-state index in [0.29, 0.717) is 23.5 Å². The zero-order chi connectivity index (χ0) is 24.9. The Balaban J connectivity index is 1.47. The second kappa shape index (κ2) is 10.2. The van der Waals surface area contributed by atoms with E-state index in [1.807, 2.05) is 36.4 Å². The number of ketones is 1. The van der Waals surface area contributed by atoms with Crippen molar-refractivity contribution in [3.8, 4) is 5.75 Å². The molecule has 1 amide bonds. The topological polar surface area (TPSA) is 92.6 Å². The van der Waals surface area contributed by atoms with Gasteiger partial charge in [-0.2, -0.15) is 0 Å². The average Bonchev–Trinajstić information content (AvgIpc) is 3.18. The maximum Gasteiger partial charge on any atom is 0.295 e. The van der Waals surface area contributed by atoms with E-state index in [1.165, 1.54) is 4.90 Å². The third kappa shape index (κ3) is 4.72. The first-order chi connectivity index (χ1) is 17.6. The zero-order valence-corrected chi connectivity index (χ0v) is 19.3. The maximum atomic E-state index is 13.2. The molecule has 2 aromatic carbocycles. The second-order valence-electron chi connectivity index (χ2n) is 8.37. The number of carbonyl (C=O) groups excluding carboxylic acids is 2. The van der Waals surface area contributed by atoms with Crippen molar-refractivity contribution in [1.82, 2.24) is 14.9 Å². The monoisotopic (exact) mass is 477 g/mol. The molecule has 178 valence electrons. The number of likely N-dealkylation sites (tertiary alicyclic amines) is 1. The van der Waals surface area contributed by atoms with Crippen LogP contribution in [-0.2, 0) is 22.7 Å². The molecule has 0 saturated carbocycles. The van der Waals surface area contributed by atoms with Crippen molar-refractivity contribution in [1.29, 1.82) is 0 Å². The molecule has 3 heterocycles. The number of benzene rings is 2. The van der Waals surface area contributed by atoms with E-state index in [4.69, 9.17) is 4.74 Å². The number of hydrogen-bond acceptors (Lipinski definition) is 6. The number of pyridine rings is 2. The molecule has 0 spiro atoms. The Labute approximate surface area is 208 Å². The zero-order valence-electron chi connectivity index (χ0n) is 19.3. The summed E-state index contributed by atoms with van der Waals surface area (Å²) in [6.45, 7) is 0.577. The normalized spacial score (nSPS) is 16.8. The van der Waals surface area contributed by atoms with E-state index in [9.17, 15) is 14.7 Å². The summed E-state index contributed by atoms with van der Waals surface area (Å²) in [7, 11) is 0. The minimum absolute atomic E-state index is 0.0230. The van der Waals surface area contributed by atoms with Crippen LogP contribution in [0.3, 0.4) is 0 Å². The molecule has 1 atom stereocenters. The highest BCUT2D eigenvalue weighted by atomic mass is 16.5. The summed E-state index contributed by atoms with van der Waals surface area (Å²) in [6, 6.07) is 22.9. The Bertz CT molecular complexity index is 1390. The third-order valence-electron chi connectivity index (χ3n) is 5.99. The minimum atomic E-state index is -0.784. The molecular formula is C29H23N3O4. The number of aromatic nitrogens is 2. The number of hydrogen-bond donors (Lipinski definition) is 1. The molecule has 1 aliphatic rings. The summed E-state index contributed by atoms with van der Waals surface area (Å²) in [4.78, 5) is 36.0. The first-order valence-electron chi connectivity index (χ1n) is 11.5. The lowest BCUT2D eigenvalue weighted by Gasteiger charge is -2.25. The molecule has 1 fully saturated rings. The summed E-state index contributed by atoms with van der Waals surface area (Å²) >= 11 is 0. The molecule has 1 unspecified atom stereocenters. The van der Waals surface area contributed by atoms with E-state index in [0.717, 1.165) is 11.1 Å². The fraction of sp³-hybridized carbons (Fsp3) is 0.103. The fourth-order valence-corrected chi connectivity index (χ4v) is 4.22. The van der Waals surface area contributed by atoms with E-state index in [-0.39, 0.29) is 17.9 Å². The van der Waals surface area contributed by atoms with Gasteiger partial charge in [-0.25, -0.2) is 0 Å². The lowest BCUT2D eigenvalue weighted by Crippen LogP contribution is -2.29. The van der Waals surface area contributed by atoms with Gasteiger partial charge < -0.3 is 14.7 Å². The van der Waals surface area contributed by atoms with E-state index >= 15 is 0 Å². The molecular weight excluding hydrogens is 454 g/mol. The number of ether oxygens (including phenoxy) is 1. The van der Waals surface area contributed by atoms with Crippen LogP contribution in [0.4, 0.5) is 0 Å². The van der Waals surface area contributed by atoms with Crippen LogP contribution in [0.15, 0.2) is 109 Å². The molecule has 1 saturated heterocycles. The van der Waals surface area contributed by atoms with Gasteiger partial charge in [0.05, 0.1) is 11.6 Å². The van der Waals surface area contributed by atoms with Crippen molar-refractivity contribution in [2.75, 3.05) is 0 Å². The van der Waals surface area contributed by atoms with Crippen LogP contribution in [0.5, 0.6) is 5.75 Å². The van der Waals surface area contributed by atoms with Gasteiger partial charge >= 0.3 is 0 Å². The molecule has 2 aromatic heterocycles. The smallest absolute Gasteiger partial charge is 0.295 e. The van der Waals surface area contributed by atoms with Gasteiger partial charge in [0.1, 0.15) is 18.1 Å². The van der Waals surface area contributed by atoms with Gasteiger partial charge in [-0.1, -0.05) is 42.5 Å². The minimum Gasteiger partial charge on any atom is -0.507 e. The van der Waals surface area contributed by atoms with Crippen molar-refractivity contribution in [3.63, 3.8) is 0 Å². The van der Waals surface area contributed by atoms with E-state index in [2.05, 4.69) is 9.97 Å². The largest absolute Gasteiger partial charge is 0.507 e. The van der Waals surface area contributed by atoms with Gasteiger partial charge in [-0.15, -0.1) is 0 Å². The lowest BCUT2D eigenvalue weighted by molar-refractivity contribution is -0.140. The molecule has 1 N–H and O–H groups in total. The van der Waals surface area contributed by atoms with Crippen molar-refractivity contribution < 1.29 is 19.4 Å². The van der Waals surface area contributed by atoms with Gasteiger partial charge in [-0.05, 0) is 53.1 Å². The van der Waals surface area contributed by atoms with Crippen molar-refractivity contribution in [2.45, 2.75) is 19.2 Å². The second-order valence-corrected chi connectivity index (χ2v) is 8.37. The Hall–Kier alpha value is -4.78. The van der Waals surface area contributed by atoms with Crippen LogP contribution in [0.1, 0.15) is 28.3 Å². The number of aliphatic hydroxyl groups excluding tert-OH is 1. The first kappa shape index (κ1) is 23.0. The summed E-state index contributed by atoms with van der Waals surface area (Å²) in [5, 5.41) is 11.2. The van der Waals surface area contributed by atoms with E-state index < -0.39 is 17.7 Å². The highest BCUT2D eigenvalue weighted by Gasteiger charge is 2.46. The van der Waals surface area contributed by atoms with E-state index in [1.54, 1.807) is 67.3 Å². The number of rotatable bonds is 7. The molecule has 5 rings (SSSR count). The molecule has 0 aliphatic carbocycles. The highest BCUT2D eigenvalue weighted by Crippen LogP contribution is 2.40. The Kier molecular flexibility index (Phi) is 6.53. The predicted molar refractivity (Wildman–Crippen MR) is 134 cm³/mol. The average molecular weight is 478 g/mol. The van der Waals surface area contributed by atoms with Gasteiger partial charge in [-0.3, -0.25) is 19.6 Å². The van der Waals surface area contributed by atoms with Crippen molar-refractivity contribution >= 4 is 17.4 Å². The summed E-state index contributed by atoms with van der Waals surface area (Å²) < 4.78 is 5.82. The quantitative estimate of drug-likeness (QED) is 0.236. The van der Waals surface area contributed by atoms with Gasteiger partial charge in [0, 0.05) is 36.9 Å². The number of nitrogens with zero attached hydrogens (tertiary/aromatic N) is 3. The van der Waals surface area contributed by atoms with Gasteiger partial charge in [0.2, 0.25) is 0 Å². The van der Waals surface area contributed by atoms with Crippen LogP contribution in [0.2, 0.25) is 0 Å². The molecule has 7 heteroatoms. The third-order valence-corrected chi connectivity index (χ3v) is 5.99. The number of amides is 1. The first-order valence-corrected chi connectivity index (χ1v) is 11.5. The molecule has 7 nitrogen and oxygen atoms in total. The lowest BCUT2D eigenvalue weighted by atomic mass is 9.96. The summed E-state index contributed by atoms with van der Waals surface area (Å²) in [5.41, 5.74) is 2.87. The SMILES string of the molecule is O=C1C(=O)N(Cc2cccnc2)C(c2cccnc2)/C1=C(/O)c1ccc(OCc2ccccc2)cc1. The highest BCUT2D eigenvalue weighted by molar-refractivity contribution is 6.46. The molecule has 0 bridgehead atoms. The molecule has 36 heavy (non-hydrogen) atoms. The standard InChI is InChI=1S/C29H23N3O4/c33-27(22-10-12-24(13-11-22)36-19-20-6-2-1-3-7-20)25-26(23-9-5-15-31-17-23)32(29(35)28(25)34)18-21-8-4-14-30-16-21/h1-17,26,33H,18-19H2/b27-25-. The molecule has 1 aliphatic heterocycles. The Morgan fingerprint density at radius 3 is 2.19 bits per heavy atom. The number of aliphatic hydroxyl groups is 1. The van der Waals surface area contributed by atoms with Crippen LogP contribution in [0.25, 0.3) is 5.76 Å². The molecule has 4 aromatic rings. The fourth-order valence-electron chi connectivity index (χ4n) is 4.22. The Morgan fingerprint density at radius 1 is 0.833 bits per heavy atom. The van der Waals surface area contributed by atoms with Gasteiger partial charge in [0.25, 0.3) is 11.7 Å². The van der Waals surface area contributed by atoms with Crippen molar-refractivity contribution in [2.24, 2.45) is 0 Å². The maximum absolute atomic E-state index is 13.2. The summed E-state index contributed by atoms with van der Waals surface area (Å²) in [5.74, 6) is -1.05. The van der Waals surface area contributed by atoms with Gasteiger partial charge in [0.15, 0.2) is 0 Å². The summed E-state index contributed by atoms with van der Waals surface area (Å²) in [6.07, 6.45) is 6.50. The number of Topliss-reactive ketones (excluding diaryl/α,β-unsaturated/α-hetero) is 1. The van der Waals surface area contributed by atoms with Crippen LogP contribution < -0.4 is 4.74 Å². The van der Waals surface area contributed by atoms with Crippen molar-refractivity contribution in [3.05, 3.63) is 131 Å². The Morgan fingerprint density at radius 2 is 1.53 bits per heavy atom.